The van der Waals surface area contributed by atoms with Gasteiger partial charge in [0.05, 0.1) is 6.54 Å². The first-order valence-electron chi connectivity index (χ1n) is 5.82. The van der Waals surface area contributed by atoms with Crippen molar-refractivity contribution in [2.45, 2.75) is 32.1 Å². The molecule has 0 saturated carbocycles. The number of rotatable bonds is 5. The van der Waals surface area contributed by atoms with E-state index in [1.165, 1.54) is 7.05 Å². The van der Waals surface area contributed by atoms with Gasteiger partial charge in [0.25, 0.3) is 6.43 Å². The maximum absolute atomic E-state index is 12.0. The van der Waals surface area contributed by atoms with E-state index in [2.05, 4.69) is 5.32 Å². The molecule has 1 saturated heterocycles. The van der Waals surface area contributed by atoms with Crippen LogP contribution in [0.25, 0.3) is 0 Å². The summed E-state index contributed by atoms with van der Waals surface area (Å²) in [7, 11) is 1.44. The van der Waals surface area contributed by atoms with Crippen LogP contribution in [0.15, 0.2) is 0 Å². The maximum Gasteiger partial charge on any atom is 0.255 e. The quantitative estimate of drug-likeness (QED) is 0.828. The Kier molecular flexibility index (Phi) is 8.43. The Morgan fingerprint density at radius 1 is 1.41 bits per heavy atom. The van der Waals surface area contributed by atoms with Gasteiger partial charge in [0, 0.05) is 13.5 Å². The first kappa shape index (κ1) is 16.6. The molecule has 1 rings (SSSR count). The van der Waals surface area contributed by atoms with Crippen molar-refractivity contribution in [3.63, 3.8) is 0 Å². The number of hydrogen-bond donors (Lipinski definition) is 1. The van der Waals surface area contributed by atoms with Gasteiger partial charge in [0.2, 0.25) is 5.91 Å². The van der Waals surface area contributed by atoms with Gasteiger partial charge in [0.1, 0.15) is 0 Å². The van der Waals surface area contributed by atoms with E-state index in [0.29, 0.717) is 12.3 Å². The molecule has 0 aliphatic carbocycles. The van der Waals surface area contributed by atoms with E-state index in [1.807, 2.05) is 0 Å². The number of piperidine rings is 1. The minimum atomic E-state index is -2.44. The Labute approximate surface area is 107 Å². The summed E-state index contributed by atoms with van der Waals surface area (Å²) >= 11 is 0. The second kappa shape index (κ2) is 8.64. The predicted molar refractivity (Wildman–Crippen MR) is 65.7 cm³/mol. The summed E-state index contributed by atoms with van der Waals surface area (Å²) in [5.41, 5.74) is 0. The van der Waals surface area contributed by atoms with Gasteiger partial charge in [0.15, 0.2) is 0 Å². The SMILES string of the molecule is CN(CC(F)F)C(=O)CCC1CCNCC1.Cl. The van der Waals surface area contributed by atoms with Gasteiger partial charge in [-0.1, -0.05) is 0 Å². The number of carbonyl (C=O) groups is 1. The molecule has 0 aromatic heterocycles. The van der Waals surface area contributed by atoms with Gasteiger partial charge in [-0.15, -0.1) is 12.4 Å². The zero-order valence-corrected chi connectivity index (χ0v) is 10.9. The fourth-order valence-corrected chi connectivity index (χ4v) is 2.00. The van der Waals surface area contributed by atoms with E-state index < -0.39 is 13.0 Å². The Hall–Kier alpha value is -0.420. The summed E-state index contributed by atoms with van der Waals surface area (Å²) in [6, 6.07) is 0. The van der Waals surface area contributed by atoms with E-state index in [1.54, 1.807) is 0 Å². The molecule has 6 heteroatoms. The average molecular weight is 271 g/mol. The van der Waals surface area contributed by atoms with E-state index in [4.69, 9.17) is 0 Å². The van der Waals surface area contributed by atoms with Crippen LogP contribution in [-0.4, -0.2) is 43.9 Å². The molecule has 0 aromatic rings. The number of carbonyl (C=O) groups excluding carboxylic acids is 1. The molecule has 1 aliphatic rings. The van der Waals surface area contributed by atoms with Crippen molar-refractivity contribution < 1.29 is 13.6 Å². The largest absolute Gasteiger partial charge is 0.340 e. The molecule has 0 unspecified atom stereocenters. The smallest absolute Gasteiger partial charge is 0.255 e. The molecule has 1 fully saturated rings. The van der Waals surface area contributed by atoms with Crippen molar-refractivity contribution in [1.82, 2.24) is 10.2 Å². The average Bonchev–Trinajstić information content (AvgIpc) is 2.26. The number of nitrogens with one attached hydrogen (secondary N) is 1. The molecule has 0 bridgehead atoms. The third kappa shape index (κ3) is 6.78. The van der Waals surface area contributed by atoms with E-state index >= 15 is 0 Å². The van der Waals surface area contributed by atoms with Crippen molar-refractivity contribution >= 4 is 18.3 Å². The van der Waals surface area contributed by atoms with Crippen LogP contribution in [0.1, 0.15) is 25.7 Å². The number of nitrogens with zero attached hydrogens (tertiary/aromatic N) is 1. The third-order valence-electron chi connectivity index (χ3n) is 3.06. The van der Waals surface area contributed by atoms with Crippen LogP contribution < -0.4 is 5.32 Å². The fraction of sp³-hybridized carbons (Fsp3) is 0.909. The molecular formula is C11H21ClF2N2O. The Balaban J connectivity index is 0.00000256. The number of halogens is 3. The highest BCUT2D eigenvalue weighted by molar-refractivity contribution is 5.85. The van der Waals surface area contributed by atoms with E-state index in [0.717, 1.165) is 37.3 Å². The van der Waals surface area contributed by atoms with Crippen LogP contribution in [0, 0.1) is 5.92 Å². The normalized spacial score (nSPS) is 16.7. The van der Waals surface area contributed by atoms with Crippen molar-refractivity contribution in [3.8, 4) is 0 Å². The molecule has 17 heavy (non-hydrogen) atoms. The van der Waals surface area contributed by atoms with Gasteiger partial charge in [-0.25, -0.2) is 8.78 Å². The summed E-state index contributed by atoms with van der Waals surface area (Å²) in [5.74, 6) is 0.406. The molecule has 1 amide bonds. The molecule has 0 radical (unpaired) electrons. The molecule has 1 heterocycles. The fourth-order valence-electron chi connectivity index (χ4n) is 2.00. The van der Waals surface area contributed by atoms with E-state index in [-0.39, 0.29) is 18.3 Å². The molecule has 0 atom stereocenters. The minimum absolute atomic E-state index is 0. The van der Waals surface area contributed by atoms with Gasteiger partial charge in [-0.05, 0) is 38.3 Å². The van der Waals surface area contributed by atoms with Crippen LogP contribution in [-0.2, 0) is 4.79 Å². The minimum Gasteiger partial charge on any atom is -0.340 e. The summed E-state index contributed by atoms with van der Waals surface area (Å²) < 4.78 is 24.1. The van der Waals surface area contributed by atoms with Crippen molar-refractivity contribution in [1.29, 1.82) is 0 Å². The molecule has 102 valence electrons. The summed E-state index contributed by atoms with van der Waals surface area (Å²) in [6.45, 7) is 1.56. The lowest BCUT2D eigenvalue weighted by molar-refractivity contribution is -0.132. The highest BCUT2D eigenvalue weighted by atomic mass is 35.5. The van der Waals surface area contributed by atoms with Gasteiger partial charge in [-0.3, -0.25) is 4.79 Å². The lowest BCUT2D eigenvalue weighted by atomic mass is 9.93. The van der Waals surface area contributed by atoms with Gasteiger partial charge < -0.3 is 10.2 Å². The van der Waals surface area contributed by atoms with Crippen molar-refractivity contribution in [2.75, 3.05) is 26.7 Å². The van der Waals surface area contributed by atoms with Crippen LogP contribution in [0.3, 0.4) is 0 Å². The zero-order chi connectivity index (χ0) is 12.0. The summed E-state index contributed by atoms with van der Waals surface area (Å²) in [4.78, 5) is 12.6. The highest BCUT2D eigenvalue weighted by Crippen LogP contribution is 2.18. The van der Waals surface area contributed by atoms with E-state index in [9.17, 15) is 13.6 Å². The lowest BCUT2D eigenvalue weighted by Gasteiger charge is -2.23. The third-order valence-corrected chi connectivity index (χ3v) is 3.06. The molecule has 0 spiro atoms. The topological polar surface area (TPSA) is 32.3 Å². The lowest BCUT2D eigenvalue weighted by Crippen LogP contribution is -2.32. The second-order valence-corrected chi connectivity index (χ2v) is 4.40. The van der Waals surface area contributed by atoms with Gasteiger partial charge in [-0.2, -0.15) is 0 Å². The zero-order valence-electron chi connectivity index (χ0n) is 10.1. The van der Waals surface area contributed by atoms with Crippen LogP contribution >= 0.6 is 12.4 Å². The summed E-state index contributed by atoms with van der Waals surface area (Å²) in [6.07, 6.45) is 0.965. The predicted octanol–water partition coefficient (Wildman–Crippen LogP) is 1.91. The number of amides is 1. The van der Waals surface area contributed by atoms with Gasteiger partial charge >= 0.3 is 0 Å². The first-order valence-corrected chi connectivity index (χ1v) is 5.82. The molecular weight excluding hydrogens is 250 g/mol. The van der Waals surface area contributed by atoms with Crippen LogP contribution in [0.2, 0.25) is 0 Å². The highest BCUT2D eigenvalue weighted by Gasteiger charge is 2.17. The molecule has 3 nitrogen and oxygen atoms in total. The maximum atomic E-state index is 12.0. The van der Waals surface area contributed by atoms with Crippen molar-refractivity contribution in [2.24, 2.45) is 5.92 Å². The second-order valence-electron chi connectivity index (χ2n) is 4.40. The van der Waals surface area contributed by atoms with Crippen LogP contribution in [0.4, 0.5) is 8.78 Å². The molecule has 1 N–H and O–H groups in total. The standard InChI is InChI=1S/C11H20F2N2O.ClH/c1-15(8-10(12)13)11(16)3-2-9-4-6-14-7-5-9;/h9-10,14H,2-8H2,1H3;1H. The van der Waals surface area contributed by atoms with Crippen LogP contribution in [0.5, 0.6) is 0 Å². The Bertz CT molecular complexity index is 224. The molecule has 0 aromatic carbocycles. The Morgan fingerprint density at radius 2 is 2.00 bits per heavy atom. The summed E-state index contributed by atoms with van der Waals surface area (Å²) in [5, 5.41) is 3.26. The van der Waals surface area contributed by atoms with Crippen molar-refractivity contribution in [3.05, 3.63) is 0 Å². The monoisotopic (exact) mass is 270 g/mol. The Morgan fingerprint density at radius 3 is 2.53 bits per heavy atom. The molecule has 1 aliphatic heterocycles. The number of alkyl halides is 2. The first-order chi connectivity index (χ1) is 7.59. The number of hydrogen-bond acceptors (Lipinski definition) is 2.